The summed E-state index contributed by atoms with van der Waals surface area (Å²) in [6, 6.07) is 31.4. The number of carbonyl (C=O) groups excluding carboxylic acids is 3. The molecule has 0 saturated heterocycles. The topological polar surface area (TPSA) is 270 Å². The second-order valence-electron chi connectivity index (χ2n) is 26.9. The highest BCUT2D eigenvalue weighted by molar-refractivity contribution is 5.69. The lowest BCUT2D eigenvalue weighted by Gasteiger charge is -2.41. The van der Waals surface area contributed by atoms with Crippen LogP contribution in [-0.2, 0) is 33.5 Å². The molecule has 3 N–H and O–H groups in total. The average molecular weight is 1390 g/mol. The second kappa shape index (κ2) is 32.8. The largest absolute Gasteiger partial charge is 0.450 e. The highest BCUT2D eigenvalue weighted by atomic mass is 19.1. The summed E-state index contributed by atoms with van der Waals surface area (Å²) in [7, 11) is 0. The Morgan fingerprint density at radius 3 is 1.17 bits per heavy atom. The van der Waals surface area contributed by atoms with Crippen molar-refractivity contribution in [2.75, 3.05) is 19.8 Å². The van der Waals surface area contributed by atoms with E-state index in [4.69, 9.17) is 27.8 Å². The molecule has 6 aliphatic rings. The number of aromatic nitrogens is 9. The fourth-order valence-electron chi connectivity index (χ4n) is 15.9. The molecular formula is C78H81F3N12O9. The maximum Gasteiger partial charge on any atom is 0.407 e. The summed E-state index contributed by atoms with van der Waals surface area (Å²) in [5, 5.41) is 33.2. The zero-order chi connectivity index (χ0) is 70.5. The number of hydrogen-bond donors (Lipinski definition) is 3. The number of alkyl carbamates (subject to hydrolysis) is 3. The van der Waals surface area contributed by atoms with Crippen LogP contribution in [0.15, 0.2) is 160 Å². The quantitative estimate of drug-likeness (QED) is 0.0805. The van der Waals surface area contributed by atoms with Gasteiger partial charge in [0.05, 0.1) is 36.9 Å². The van der Waals surface area contributed by atoms with Crippen molar-refractivity contribution in [3.05, 3.63) is 215 Å². The molecule has 0 bridgehead atoms. The third-order valence-electron chi connectivity index (χ3n) is 20.6. The number of nitrogens with zero attached hydrogens (tertiary/aromatic N) is 9. The predicted octanol–water partition coefficient (Wildman–Crippen LogP) is 15.5. The molecule has 102 heavy (non-hydrogen) atoms. The van der Waals surface area contributed by atoms with E-state index in [0.29, 0.717) is 55.3 Å². The van der Waals surface area contributed by atoms with E-state index in [1.165, 1.54) is 36.4 Å². The van der Waals surface area contributed by atoms with Gasteiger partial charge in [0.2, 0.25) is 0 Å². The Hall–Kier alpha value is -10.7. The van der Waals surface area contributed by atoms with Gasteiger partial charge in [-0.3, -0.25) is 15.0 Å². The van der Waals surface area contributed by atoms with Gasteiger partial charge in [-0.15, -0.1) is 15.3 Å². The normalized spacial score (nSPS) is 23.8. The average Bonchev–Trinajstić information content (AvgIpc) is 1.29. The highest BCUT2D eigenvalue weighted by Gasteiger charge is 2.46. The number of rotatable bonds is 15. The van der Waals surface area contributed by atoms with Crippen molar-refractivity contribution in [3.8, 4) is 33.4 Å². The maximum atomic E-state index is 13.5. The standard InChI is InChI=1S/3C26H27FN4O3/c2*1-2-33-26(32)29-21-9-10-22-18(13-21)14-24-25(30-31-34-24)23(22)11-8-20-7-6-17(15-28-20)16-4-3-5-19(27)12-16;1-2-33-26(32)29-21-9-10-22-18(13-21)14-24-25(34-31-30-24)23(22)11-8-20-7-6-17(15-28-20)16-4-3-5-19(27)12-16/h3*3-8,11-12,15,18,21-23H,2,9-10,13-14H2,1H3,(H,29,32)/b3*11-8+/t3*18-,21+,22+,23-/m000/s1. The summed E-state index contributed by atoms with van der Waals surface area (Å²) in [6.45, 7) is 6.50. The molecular weight excluding hydrogens is 1310 g/mol. The van der Waals surface area contributed by atoms with Crippen molar-refractivity contribution < 1.29 is 55.3 Å². The first kappa shape index (κ1) is 69.8. The van der Waals surface area contributed by atoms with Crippen molar-refractivity contribution in [2.24, 2.45) is 35.5 Å². The van der Waals surface area contributed by atoms with Crippen molar-refractivity contribution in [1.29, 1.82) is 0 Å². The van der Waals surface area contributed by atoms with Crippen LogP contribution in [0.5, 0.6) is 0 Å². The molecule has 3 saturated carbocycles. The van der Waals surface area contributed by atoms with E-state index >= 15 is 0 Å². The molecule has 0 spiro atoms. The number of nitrogens with one attached hydrogen (secondary N) is 3. The molecule has 0 aliphatic heterocycles. The monoisotopic (exact) mass is 1390 g/mol. The second-order valence-corrected chi connectivity index (χ2v) is 26.9. The molecule has 6 aliphatic carbocycles. The molecule has 0 radical (unpaired) electrons. The first-order valence-electron chi connectivity index (χ1n) is 35.3. The van der Waals surface area contributed by atoms with E-state index in [9.17, 15) is 27.6 Å². The van der Waals surface area contributed by atoms with E-state index < -0.39 is 0 Å². The Balaban J connectivity index is 0.000000137. The van der Waals surface area contributed by atoms with Crippen LogP contribution < -0.4 is 16.0 Å². The summed E-state index contributed by atoms with van der Waals surface area (Å²) in [6.07, 6.45) is 27.2. The predicted molar refractivity (Wildman–Crippen MR) is 373 cm³/mol. The Kier molecular flexibility index (Phi) is 22.4. The molecule has 6 aromatic heterocycles. The molecule has 24 heteroatoms. The molecule has 15 rings (SSSR count). The van der Waals surface area contributed by atoms with Gasteiger partial charge in [0, 0.05) is 99.8 Å². The molecule has 3 aromatic carbocycles. The van der Waals surface area contributed by atoms with Gasteiger partial charge in [-0.05, 0) is 210 Å². The summed E-state index contributed by atoms with van der Waals surface area (Å²) >= 11 is 0. The summed E-state index contributed by atoms with van der Waals surface area (Å²) in [5.74, 6) is 4.13. The zero-order valence-electron chi connectivity index (χ0n) is 57.0. The van der Waals surface area contributed by atoms with Crippen LogP contribution in [0.4, 0.5) is 27.6 Å². The van der Waals surface area contributed by atoms with E-state index in [0.717, 1.165) is 162 Å². The lowest BCUT2D eigenvalue weighted by molar-refractivity contribution is 0.124. The number of ether oxygens (including phenoxy) is 3. The lowest BCUT2D eigenvalue weighted by Crippen LogP contribution is -2.44. The third kappa shape index (κ3) is 17.0. The van der Waals surface area contributed by atoms with Crippen molar-refractivity contribution in [2.45, 2.75) is 134 Å². The van der Waals surface area contributed by atoms with Gasteiger partial charge < -0.3 is 43.7 Å². The smallest absolute Gasteiger partial charge is 0.407 e. The van der Waals surface area contributed by atoms with Crippen LogP contribution >= 0.6 is 0 Å². The summed E-state index contributed by atoms with van der Waals surface area (Å²) in [4.78, 5) is 49.3. The number of benzene rings is 3. The minimum Gasteiger partial charge on any atom is -0.450 e. The Labute approximate surface area is 588 Å². The van der Waals surface area contributed by atoms with Gasteiger partial charge in [-0.25, -0.2) is 27.6 Å². The van der Waals surface area contributed by atoms with Gasteiger partial charge in [0.1, 0.15) is 34.5 Å². The van der Waals surface area contributed by atoms with E-state index in [-0.39, 0.29) is 71.6 Å². The van der Waals surface area contributed by atoms with Gasteiger partial charge >= 0.3 is 18.3 Å². The zero-order valence-corrected chi connectivity index (χ0v) is 57.0. The third-order valence-corrected chi connectivity index (χ3v) is 20.6. The van der Waals surface area contributed by atoms with Gasteiger partial charge in [0.25, 0.3) is 0 Å². The number of fused-ring (bicyclic) bond motifs is 6. The number of amides is 3. The first-order chi connectivity index (χ1) is 49.8. The molecule has 0 unspecified atom stereocenters. The van der Waals surface area contributed by atoms with Crippen LogP contribution in [0.1, 0.15) is 148 Å². The Morgan fingerprint density at radius 1 is 0.441 bits per heavy atom. The van der Waals surface area contributed by atoms with Crippen molar-refractivity contribution in [3.63, 3.8) is 0 Å². The fourth-order valence-corrected chi connectivity index (χ4v) is 15.9. The lowest BCUT2D eigenvalue weighted by atomic mass is 9.65. The number of pyridine rings is 3. The Morgan fingerprint density at radius 2 is 0.804 bits per heavy atom. The molecule has 12 atom stereocenters. The van der Waals surface area contributed by atoms with Crippen LogP contribution in [0.3, 0.4) is 0 Å². The number of allylic oxidation sites excluding steroid dienone is 3. The summed E-state index contributed by atoms with van der Waals surface area (Å²) in [5.41, 5.74) is 10.1. The van der Waals surface area contributed by atoms with E-state index in [1.807, 2.05) is 72.8 Å². The Bertz CT molecular complexity index is 3970. The van der Waals surface area contributed by atoms with Crippen molar-refractivity contribution >= 4 is 36.5 Å². The minimum atomic E-state index is -0.354. The van der Waals surface area contributed by atoms with Gasteiger partial charge in [-0.1, -0.05) is 72.8 Å². The van der Waals surface area contributed by atoms with Crippen LogP contribution in [0, 0.1) is 53.0 Å². The van der Waals surface area contributed by atoms with Gasteiger partial charge in [-0.2, -0.15) is 0 Å². The van der Waals surface area contributed by atoms with Gasteiger partial charge in [0.15, 0.2) is 17.3 Å². The van der Waals surface area contributed by atoms with Crippen LogP contribution in [0.25, 0.3) is 51.6 Å². The fraction of sp³-hybridized carbons (Fsp3) is 0.385. The maximum absolute atomic E-state index is 13.5. The summed E-state index contributed by atoms with van der Waals surface area (Å²) < 4.78 is 72.2. The molecule has 6 heterocycles. The number of halogens is 3. The molecule has 21 nitrogen and oxygen atoms in total. The molecule has 528 valence electrons. The molecule has 9 aromatic rings. The SMILES string of the molecule is CCOC(=O)N[C@@H]1CC[C@@H]2[C@H](Cc3nnoc3[C@H]2/C=C/c2ccc(-c3cccc(F)c3)cn2)C1.CCOC(=O)N[C@@H]1CC[C@@H]2[C@H](Cc3onnc3[C@H]2/C=C/c2ccc(-c3cccc(F)c3)cn2)C1.CCOC(=O)N[C@@H]1CC[C@@H]2[C@H](Cc3onnc3[C@H]2/C=C/c2ccc(-c3cccc(F)c3)cn2)C1. The minimum absolute atomic E-state index is 0.0528. The molecule has 3 fully saturated rings. The van der Waals surface area contributed by atoms with Crippen LogP contribution in [-0.4, -0.2) is 102 Å². The number of hydrogen-bond acceptors (Lipinski definition) is 18. The van der Waals surface area contributed by atoms with Crippen molar-refractivity contribution in [1.82, 2.24) is 62.0 Å². The molecule has 3 amide bonds. The van der Waals surface area contributed by atoms with Crippen LogP contribution in [0.2, 0.25) is 0 Å². The number of carbonyl (C=O) groups is 3. The first-order valence-corrected chi connectivity index (χ1v) is 35.3. The highest BCUT2D eigenvalue weighted by Crippen LogP contribution is 2.50. The van der Waals surface area contributed by atoms with E-state index in [1.54, 1.807) is 57.6 Å². The van der Waals surface area contributed by atoms with E-state index in [2.05, 4.69) is 80.2 Å².